The lowest BCUT2D eigenvalue weighted by Crippen LogP contribution is -2.32. The summed E-state index contributed by atoms with van der Waals surface area (Å²) in [4.78, 5) is 7.17. The van der Waals surface area contributed by atoms with Crippen LogP contribution in [-0.4, -0.2) is 36.3 Å². The van der Waals surface area contributed by atoms with E-state index in [2.05, 4.69) is 56.2 Å². The molecule has 3 rings (SSSR count). The predicted molar refractivity (Wildman–Crippen MR) is 116 cm³/mol. The number of aryl methyl sites for hydroxylation is 1. The Kier molecular flexibility index (Phi) is 5.92. The standard InChI is InChI=1S/C23H31N3O2/c1-7-16-12-17-21(14-19(16)25(8-2)9-3)28-23-15(6)22(26(10-4)11-5)20(27)13-18(23)24-17/h12-14H,7-11H2,1-6H3/p+1. The highest BCUT2D eigenvalue weighted by atomic mass is 16.3. The zero-order valence-electron chi connectivity index (χ0n) is 18.0. The molecule has 1 aliphatic carbocycles. The van der Waals surface area contributed by atoms with Crippen molar-refractivity contribution in [2.24, 2.45) is 0 Å². The number of phenolic OH excluding ortho intramolecular Hbond substituents is 1. The minimum absolute atomic E-state index is 0.256. The number of hydrogen-bond acceptors (Lipinski definition) is 4. The van der Waals surface area contributed by atoms with E-state index in [-0.39, 0.29) is 5.75 Å². The second-order valence-electron chi connectivity index (χ2n) is 7.08. The number of benzene rings is 2. The van der Waals surface area contributed by atoms with Crippen LogP contribution in [0.2, 0.25) is 0 Å². The van der Waals surface area contributed by atoms with Gasteiger partial charge in [0.05, 0.1) is 5.56 Å². The predicted octanol–water partition coefficient (Wildman–Crippen LogP) is 4.17. The van der Waals surface area contributed by atoms with E-state index in [1.54, 1.807) is 6.07 Å². The van der Waals surface area contributed by atoms with Crippen LogP contribution in [0.15, 0.2) is 22.6 Å². The fourth-order valence-electron chi connectivity index (χ4n) is 4.06. The number of hydrogen-bond donors (Lipinski definition) is 1. The summed E-state index contributed by atoms with van der Waals surface area (Å²) in [6, 6.07) is 5.97. The molecule has 0 saturated carbocycles. The van der Waals surface area contributed by atoms with Gasteiger partial charge in [0.2, 0.25) is 5.36 Å². The topological polar surface area (TPSA) is 52.5 Å². The number of rotatable bonds is 6. The zero-order valence-corrected chi connectivity index (χ0v) is 18.0. The summed E-state index contributed by atoms with van der Waals surface area (Å²) in [5.41, 5.74) is 5.71. The van der Waals surface area contributed by atoms with Crippen molar-refractivity contribution < 1.29 is 9.52 Å². The van der Waals surface area contributed by atoms with Crippen LogP contribution in [0, 0.1) is 6.92 Å². The van der Waals surface area contributed by atoms with E-state index < -0.39 is 0 Å². The molecule has 0 radical (unpaired) electrons. The second kappa shape index (κ2) is 8.21. The SMILES string of the molecule is CCc1cc2nc3cc(O)c(=[N+](CC)CC)c(C)c-3oc2cc1N(CC)CC. The molecule has 5 heteroatoms. The Morgan fingerprint density at radius 2 is 1.71 bits per heavy atom. The fraction of sp³-hybridized carbons (Fsp3) is 0.478. The van der Waals surface area contributed by atoms with Crippen LogP contribution in [0.3, 0.4) is 0 Å². The van der Waals surface area contributed by atoms with Crippen LogP contribution < -0.4 is 14.8 Å². The van der Waals surface area contributed by atoms with Gasteiger partial charge in [0.1, 0.15) is 24.3 Å². The molecule has 1 N–H and O–H groups in total. The molecule has 1 aliphatic heterocycles. The molecule has 28 heavy (non-hydrogen) atoms. The average Bonchev–Trinajstić information content (AvgIpc) is 2.70. The molecule has 0 aromatic heterocycles. The van der Waals surface area contributed by atoms with Crippen molar-refractivity contribution >= 4 is 16.8 Å². The lowest BCUT2D eigenvalue weighted by Gasteiger charge is -2.24. The van der Waals surface area contributed by atoms with Gasteiger partial charge in [-0.3, -0.25) is 0 Å². The minimum Gasteiger partial charge on any atom is -0.502 e. The van der Waals surface area contributed by atoms with E-state index >= 15 is 0 Å². The van der Waals surface area contributed by atoms with E-state index in [0.717, 1.165) is 60.4 Å². The van der Waals surface area contributed by atoms with Gasteiger partial charge in [-0.1, -0.05) is 6.92 Å². The first kappa shape index (κ1) is 20.2. The molecule has 0 atom stereocenters. The molecule has 0 spiro atoms. The molecule has 5 nitrogen and oxygen atoms in total. The molecule has 0 unspecified atom stereocenters. The van der Waals surface area contributed by atoms with Gasteiger partial charge in [0, 0.05) is 30.9 Å². The Labute approximate surface area is 167 Å². The lowest BCUT2D eigenvalue weighted by molar-refractivity contribution is 0.452. The minimum atomic E-state index is 0.256. The normalized spacial score (nSPS) is 11.4. The lowest BCUT2D eigenvalue weighted by atomic mass is 10.1. The highest BCUT2D eigenvalue weighted by molar-refractivity contribution is 5.83. The van der Waals surface area contributed by atoms with Gasteiger partial charge in [0.25, 0.3) is 0 Å². The zero-order chi connectivity index (χ0) is 20.4. The molecular weight excluding hydrogens is 350 g/mol. The maximum atomic E-state index is 10.6. The summed E-state index contributed by atoms with van der Waals surface area (Å²) in [6.07, 6.45) is 0.937. The number of aromatic hydroxyl groups is 1. The van der Waals surface area contributed by atoms with Crippen LogP contribution in [0.4, 0.5) is 5.69 Å². The number of phenols is 1. The summed E-state index contributed by atoms with van der Waals surface area (Å²) in [7, 11) is 0. The van der Waals surface area contributed by atoms with Crippen molar-refractivity contribution in [3.8, 4) is 17.2 Å². The van der Waals surface area contributed by atoms with E-state index in [0.29, 0.717) is 5.69 Å². The second-order valence-corrected chi connectivity index (χ2v) is 7.08. The molecule has 1 aromatic rings. The van der Waals surface area contributed by atoms with Gasteiger partial charge in [-0.15, -0.1) is 0 Å². The molecular formula is C23H32N3O2+. The van der Waals surface area contributed by atoms with Crippen LogP contribution in [0.25, 0.3) is 22.6 Å². The van der Waals surface area contributed by atoms with Gasteiger partial charge in [-0.2, -0.15) is 0 Å². The molecule has 2 aliphatic rings. The summed E-state index contributed by atoms with van der Waals surface area (Å²) >= 11 is 0. The Balaban J connectivity index is 2.38. The van der Waals surface area contributed by atoms with Crippen molar-refractivity contribution in [1.82, 2.24) is 9.56 Å². The molecule has 0 bridgehead atoms. The van der Waals surface area contributed by atoms with Gasteiger partial charge >= 0.3 is 0 Å². The molecule has 0 fully saturated rings. The van der Waals surface area contributed by atoms with Gasteiger partial charge in [-0.25, -0.2) is 9.56 Å². The third-order valence-electron chi connectivity index (χ3n) is 5.62. The first-order valence-corrected chi connectivity index (χ1v) is 10.4. The Hall–Kier alpha value is -2.56. The van der Waals surface area contributed by atoms with E-state index in [4.69, 9.17) is 9.40 Å². The van der Waals surface area contributed by atoms with Crippen LogP contribution >= 0.6 is 0 Å². The van der Waals surface area contributed by atoms with E-state index in [1.165, 1.54) is 11.3 Å². The summed E-state index contributed by atoms with van der Waals surface area (Å²) in [6.45, 7) is 16.2. The van der Waals surface area contributed by atoms with E-state index in [9.17, 15) is 5.11 Å². The third kappa shape index (κ3) is 3.34. The quantitative estimate of drug-likeness (QED) is 0.514. The number of fused-ring (bicyclic) bond motifs is 2. The highest BCUT2D eigenvalue weighted by Gasteiger charge is 2.22. The van der Waals surface area contributed by atoms with Crippen molar-refractivity contribution in [2.45, 2.75) is 48.0 Å². The third-order valence-corrected chi connectivity index (χ3v) is 5.62. The monoisotopic (exact) mass is 382 g/mol. The first-order chi connectivity index (χ1) is 13.5. The molecule has 1 heterocycles. The summed E-state index contributed by atoms with van der Waals surface area (Å²) in [5, 5.41) is 11.5. The van der Waals surface area contributed by atoms with Crippen LogP contribution in [0.5, 0.6) is 5.75 Å². The van der Waals surface area contributed by atoms with Crippen molar-refractivity contribution in [2.75, 3.05) is 31.1 Å². The van der Waals surface area contributed by atoms with E-state index in [1.807, 2.05) is 6.92 Å². The largest absolute Gasteiger partial charge is 0.502 e. The molecule has 0 saturated heterocycles. The van der Waals surface area contributed by atoms with Gasteiger partial charge in [0.15, 0.2) is 17.1 Å². The summed E-state index contributed by atoms with van der Waals surface area (Å²) < 4.78 is 8.51. The molecule has 1 aromatic carbocycles. The van der Waals surface area contributed by atoms with Crippen molar-refractivity contribution in [3.05, 3.63) is 34.7 Å². The van der Waals surface area contributed by atoms with Gasteiger partial charge in [-0.05, 0) is 52.7 Å². The number of nitrogens with zero attached hydrogens (tertiary/aromatic N) is 3. The Morgan fingerprint density at radius 1 is 1.04 bits per heavy atom. The van der Waals surface area contributed by atoms with Crippen molar-refractivity contribution in [1.29, 1.82) is 0 Å². The smallest absolute Gasteiger partial charge is 0.248 e. The van der Waals surface area contributed by atoms with Crippen LogP contribution in [0.1, 0.15) is 45.7 Å². The highest BCUT2D eigenvalue weighted by Crippen LogP contribution is 2.33. The fourth-order valence-corrected chi connectivity index (χ4v) is 4.06. The average molecular weight is 383 g/mol. The number of anilines is 1. The maximum absolute atomic E-state index is 10.6. The van der Waals surface area contributed by atoms with Crippen LogP contribution in [-0.2, 0) is 6.42 Å². The first-order valence-electron chi connectivity index (χ1n) is 10.4. The summed E-state index contributed by atoms with van der Waals surface area (Å²) in [5.74, 6) is 0.994. The molecule has 0 amide bonds. The Bertz CT molecular complexity index is 1030. The Morgan fingerprint density at radius 3 is 2.29 bits per heavy atom. The molecule has 150 valence electrons. The maximum Gasteiger partial charge on any atom is 0.248 e. The van der Waals surface area contributed by atoms with Gasteiger partial charge < -0.3 is 14.4 Å². The van der Waals surface area contributed by atoms with Crippen molar-refractivity contribution in [3.63, 3.8) is 0 Å². The number of aromatic nitrogens is 1.